The SMILES string of the molecule is CN1C(=O)C2(CC(C)(C)Oc3ccc(-c4cc(Cl)ccc4F)cc32)N=C1N. The smallest absolute Gasteiger partial charge is 0.261 e. The van der Waals surface area contributed by atoms with E-state index in [0.717, 1.165) is 0 Å². The van der Waals surface area contributed by atoms with E-state index in [1.165, 1.54) is 17.0 Å². The van der Waals surface area contributed by atoms with Gasteiger partial charge in [0.25, 0.3) is 5.91 Å². The van der Waals surface area contributed by atoms with E-state index < -0.39 is 17.0 Å². The summed E-state index contributed by atoms with van der Waals surface area (Å²) >= 11 is 6.04. The number of likely N-dealkylation sites (N-methyl/N-ethyl adjacent to an activating group) is 1. The first-order chi connectivity index (χ1) is 12.6. The highest BCUT2D eigenvalue weighted by Crippen LogP contribution is 2.50. The summed E-state index contributed by atoms with van der Waals surface area (Å²) in [5.74, 6) is 0.0744. The fourth-order valence-electron chi connectivity index (χ4n) is 3.86. The van der Waals surface area contributed by atoms with Crippen LogP contribution >= 0.6 is 11.6 Å². The number of hydrogen-bond donors (Lipinski definition) is 1. The molecule has 2 aliphatic heterocycles. The number of nitrogens with two attached hydrogens (primary N) is 1. The van der Waals surface area contributed by atoms with E-state index in [9.17, 15) is 9.18 Å². The number of fused-ring (bicyclic) bond motifs is 2. The van der Waals surface area contributed by atoms with Crippen molar-refractivity contribution in [1.82, 2.24) is 4.90 Å². The Bertz CT molecular complexity index is 1000. The Balaban J connectivity index is 1.95. The predicted molar refractivity (Wildman–Crippen MR) is 102 cm³/mol. The molecular formula is C20H19ClFN3O2. The Hall–Kier alpha value is -2.60. The minimum atomic E-state index is -1.18. The van der Waals surface area contributed by atoms with Crippen LogP contribution in [0.1, 0.15) is 25.8 Å². The first-order valence-corrected chi connectivity index (χ1v) is 8.93. The van der Waals surface area contributed by atoms with Crippen molar-refractivity contribution in [2.75, 3.05) is 7.05 Å². The number of halogens is 2. The third-order valence-corrected chi connectivity index (χ3v) is 5.27. The third-order valence-electron chi connectivity index (χ3n) is 5.04. The Morgan fingerprint density at radius 3 is 2.67 bits per heavy atom. The molecule has 0 saturated heterocycles. The van der Waals surface area contributed by atoms with Gasteiger partial charge in [0.15, 0.2) is 11.5 Å². The minimum Gasteiger partial charge on any atom is -0.487 e. The first kappa shape index (κ1) is 17.8. The fraction of sp³-hybridized carbons (Fsp3) is 0.300. The predicted octanol–water partition coefficient (Wildman–Crippen LogP) is 3.69. The fourth-order valence-corrected chi connectivity index (χ4v) is 4.04. The van der Waals surface area contributed by atoms with Crippen molar-refractivity contribution in [3.8, 4) is 16.9 Å². The molecule has 0 radical (unpaired) electrons. The third kappa shape index (κ3) is 2.67. The second-order valence-corrected chi connectivity index (χ2v) is 8.00. The molecule has 0 aliphatic carbocycles. The van der Waals surface area contributed by atoms with Crippen molar-refractivity contribution in [3.63, 3.8) is 0 Å². The zero-order chi connectivity index (χ0) is 19.6. The lowest BCUT2D eigenvalue weighted by molar-refractivity contribution is -0.133. The lowest BCUT2D eigenvalue weighted by Gasteiger charge is -2.41. The second kappa shape index (κ2) is 5.70. The number of carbonyl (C=O) groups excluding carboxylic acids is 1. The van der Waals surface area contributed by atoms with E-state index in [0.29, 0.717) is 33.9 Å². The molecule has 0 aromatic heterocycles. The van der Waals surface area contributed by atoms with E-state index in [4.69, 9.17) is 22.1 Å². The van der Waals surface area contributed by atoms with Gasteiger partial charge in [0.05, 0.1) is 0 Å². The van der Waals surface area contributed by atoms with Crippen molar-refractivity contribution in [1.29, 1.82) is 0 Å². The summed E-state index contributed by atoms with van der Waals surface area (Å²) in [5, 5.41) is 0.426. The van der Waals surface area contributed by atoms with Gasteiger partial charge in [-0.3, -0.25) is 9.69 Å². The molecule has 1 atom stereocenters. The number of guanidine groups is 1. The van der Waals surface area contributed by atoms with Gasteiger partial charge >= 0.3 is 0 Å². The van der Waals surface area contributed by atoms with E-state index in [2.05, 4.69) is 4.99 Å². The molecule has 1 spiro atoms. The van der Waals surface area contributed by atoms with Crippen LogP contribution in [0.3, 0.4) is 0 Å². The van der Waals surface area contributed by atoms with Gasteiger partial charge in [-0.25, -0.2) is 9.38 Å². The van der Waals surface area contributed by atoms with Crippen LogP contribution in [0, 0.1) is 5.82 Å². The number of nitrogens with zero attached hydrogens (tertiary/aromatic N) is 2. The average Bonchev–Trinajstić information content (AvgIpc) is 2.80. The molecule has 0 bridgehead atoms. The summed E-state index contributed by atoms with van der Waals surface area (Å²) in [6.45, 7) is 3.80. The summed E-state index contributed by atoms with van der Waals surface area (Å²) in [6, 6.07) is 9.60. The van der Waals surface area contributed by atoms with Crippen LogP contribution in [0.2, 0.25) is 5.02 Å². The molecule has 0 fully saturated rings. The Labute approximate surface area is 161 Å². The molecule has 1 unspecified atom stereocenters. The molecular weight excluding hydrogens is 369 g/mol. The number of hydrogen-bond acceptors (Lipinski definition) is 4. The Morgan fingerprint density at radius 2 is 2.00 bits per heavy atom. The largest absolute Gasteiger partial charge is 0.487 e. The number of rotatable bonds is 1. The van der Waals surface area contributed by atoms with Crippen LogP contribution in [0.25, 0.3) is 11.1 Å². The number of aliphatic imine (C=N–C) groups is 1. The van der Waals surface area contributed by atoms with Crippen LogP contribution in [-0.4, -0.2) is 29.4 Å². The van der Waals surface area contributed by atoms with E-state index >= 15 is 0 Å². The van der Waals surface area contributed by atoms with E-state index in [1.807, 2.05) is 13.8 Å². The number of ether oxygens (including phenoxy) is 1. The summed E-state index contributed by atoms with van der Waals surface area (Å²) in [5.41, 5.74) is 5.68. The lowest BCUT2D eigenvalue weighted by atomic mass is 9.77. The summed E-state index contributed by atoms with van der Waals surface area (Å²) in [6.07, 6.45) is 0.332. The molecule has 2 N–H and O–H groups in total. The van der Waals surface area contributed by atoms with Crippen molar-refractivity contribution in [2.24, 2.45) is 10.7 Å². The standard InChI is InChI=1S/C20H19ClFN3O2/c1-19(2)10-20(17(26)25(3)18(23)24-20)14-8-11(4-7-16(14)27-19)13-9-12(21)5-6-15(13)22/h4-9H,10H2,1-3H3,(H2,23,24). The molecule has 140 valence electrons. The van der Waals surface area contributed by atoms with Crippen LogP contribution in [0.5, 0.6) is 5.75 Å². The zero-order valence-electron chi connectivity index (χ0n) is 15.2. The van der Waals surface area contributed by atoms with Gasteiger partial charge in [0.2, 0.25) is 0 Å². The highest BCUT2D eigenvalue weighted by molar-refractivity contribution is 6.30. The van der Waals surface area contributed by atoms with Crippen molar-refractivity contribution in [2.45, 2.75) is 31.4 Å². The maximum absolute atomic E-state index is 14.4. The van der Waals surface area contributed by atoms with Gasteiger partial charge in [-0.2, -0.15) is 0 Å². The molecule has 4 rings (SSSR count). The topological polar surface area (TPSA) is 67.9 Å². The van der Waals surface area contributed by atoms with Gasteiger partial charge in [-0.05, 0) is 49.7 Å². The van der Waals surface area contributed by atoms with Gasteiger partial charge in [-0.1, -0.05) is 17.7 Å². The first-order valence-electron chi connectivity index (χ1n) is 8.55. The second-order valence-electron chi connectivity index (χ2n) is 7.57. The highest BCUT2D eigenvalue weighted by atomic mass is 35.5. The number of carbonyl (C=O) groups is 1. The van der Waals surface area contributed by atoms with Gasteiger partial charge in [-0.15, -0.1) is 0 Å². The highest BCUT2D eigenvalue weighted by Gasteiger charge is 2.55. The van der Waals surface area contributed by atoms with Crippen molar-refractivity contribution >= 4 is 23.5 Å². The molecule has 2 aromatic rings. The van der Waals surface area contributed by atoms with Crippen molar-refractivity contribution < 1.29 is 13.9 Å². The molecule has 5 nitrogen and oxygen atoms in total. The van der Waals surface area contributed by atoms with Crippen LogP contribution in [0.4, 0.5) is 4.39 Å². The van der Waals surface area contributed by atoms with Gasteiger partial charge in [0.1, 0.15) is 17.2 Å². The average molecular weight is 388 g/mol. The molecule has 2 heterocycles. The maximum Gasteiger partial charge on any atom is 0.261 e. The molecule has 27 heavy (non-hydrogen) atoms. The summed E-state index contributed by atoms with van der Waals surface area (Å²) in [7, 11) is 1.60. The van der Waals surface area contributed by atoms with Crippen LogP contribution < -0.4 is 10.5 Å². The minimum absolute atomic E-state index is 0.156. The molecule has 7 heteroatoms. The Kier molecular flexibility index (Phi) is 3.75. The molecule has 2 aromatic carbocycles. The monoisotopic (exact) mass is 387 g/mol. The summed E-state index contributed by atoms with van der Waals surface area (Å²) in [4.78, 5) is 19.0. The number of benzene rings is 2. The molecule has 1 amide bonds. The Morgan fingerprint density at radius 1 is 1.26 bits per heavy atom. The quantitative estimate of drug-likeness (QED) is 0.811. The van der Waals surface area contributed by atoms with Gasteiger partial charge in [0, 0.05) is 29.6 Å². The number of amides is 1. The van der Waals surface area contributed by atoms with Crippen molar-refractivity contribution in [3.05, 3.63) is 52.8 Å². The zero-order valence-corrected chi connectivity index (χ0v) is 16.0. The maximum atomic E-state index is 14.4. The van der Waals surface area contributed by atoms with E-state index in [-0.39, 0.29) is 11.9 Å². The van der Waals surface area contributed by atoms with Crippen LogP contribution in [-0.2, 0) is 10.3 Å². The molecule has 0 saturated carbocycles. The summed E-state index contributed by atoms with van der Waals surface area (Å²) < 4.78 is 20.4. The van der Waals surface area contributed by atoms with Crippen LogP contribution in [0.15, 0.2) is 41.4 Å². The van der Waals surface area contributed by atoms with E-state index in [1.54, 1.807) is 31.3 Å². The normalized spacial score (nSPS) is 23.2. The van der Waals surface area contributed by atoms with Gasteiger partial charge < -0.3 is 10.5 Å². The molecule has 2 aliphatic rings. The lowest BCUT2D eigenvalue weighted by Crippen LogP contribution is -2.49.